The monoisotopic (exact) mass is 378 g/mol. The minimum Gasteiger partial charge on any atom is -0.476 e. The van der Waals surface area contributed by atoms with Gasteiger partial charge in [0.05, 0.1) is 22.6 Å². The van der Waals surface area contributed by atoms with Crippen molar-refractivity contribution in [1.82, 2.24) is 9.97 Å². The second-order valence-corrected chi connectivity index (χ2v) is 6.17. The summed E-state index contributed by atoms with van der Waals surface area (Å²) in [4.78, 5) is 19.7. The summed E-state index contributed by atoms with van der Waals surface area (Å²) in [6.45, 7) is 0. The van der Waals surface area contributed by atoms with Crippen LogP contribution in [0.2, 0.25) is 15.1 Å². The number of benzene rings is 2. The third-order valence-electron chi connectivity index (χ3n) is 3.30. The first-order chi connectivity index (χ1) is 11.5. The second kappa shape index (κ2) is 6.77. The van der Waals surface area contributed by atoms with Gasteiger partial charge in [-0.05, 0) is 30.3 Å². The van der Waals surface area contributed by atoms with E-state index in [4.69, 9.17) is 34.8 Å². The Bertz CT molecular complexity index is 928. The number of aromatic nitrogens is 2. The molecule has 0 atom stereocenters. The Balaban J connectivity index is 2.25. The van der Waals surface area contributed by atoms with Crippen molar-refractivity contribution in [3.05, 3.63) is 69.4 Å². The lowest BCUT2D eigenvalue weighted by atomic mass is 10.0. The van der Waals surface area contributed by atoms with E-state index in [0.29, 0.717) is 37.6 Å². The number of carboxylic acid groups (broad SMARTS) is 1. The summed E-state index contributed by atoms with van der Waals surface area (Å²) in [6, 6.07) is 11.9. The SMILES string of the molecule is O=C(O)c1cnc(-c2ccc(Cl)cc2Cl)c(-c2ccc(Cl)cc2)n1. The van der Waals surface area contributed by atoms with E-state index in [1.54, 1.807) is 42.5 Å². The lowest BCUT2D eigenvalue weighted by Gasteiger charge is -2.11. The predicted molar refractivity (Wildman–Crippen MR) is 94.9 cm³/mol. The normalized spacial score (nSPS) is 10.6. The Hall–Kier alpha value is -2.14. The molecule has 3 aromatic rings. The van der Waals surface area contributed by atoms with Gasteiger partial charge in [-0.1, -0.05) is 46.9 Å². The molecule has 4 nitrogen and oxygen atoms in total. The Morgan fingerprint density at radius 1 is 0.917 bits per heavy atom. The van der Waals surface area contributed by atoms with Gasteiger partial charge in [-0.2, -0.15) is 0 Å². The molecule has 0 unspecified atom stereocenters. The van der Waals surface area contributed by atoms with Gasteiger partial charge in [0.25, 0.3) is 0 Å². The highest BCUT2D eigenvalue weighted by atomic mass is 35.5. The van der Waals surface area contributed by atoms with Crippen molar-refractivity contribution in [3.63, 3.8) is 0 Å². The van der Waals surface area contributed by atoms with E-state index in [1.165, 1.54) is 6.20 Å². The molecule has 1 heterocycles. The summed E-state index contributed by atoms with van der Waals surface area (Å²) in [5.41, 5.74) is 1.99. The van der Waals surface area contributed by atoms with E-state index in [9.17, 15) is 9.90 Å². The number of nitrogens with zero attached hydrogens (tertiary/aromatic N) is 2. The molecule has 0 saturated heterocycles. The maximum absolute atomic E-state index is 11.2. The maximum atomic E-state index is 11.2. The first-order valence-electron chi connectivity index (χ1n) is 6.77. The van der Waals surface area contributed by atoms with Gasteiger partial charge in [-0.25, -0.2) is 9.78 Å². The molecule has 2 aromatic carbocycles. The largest absolute Gasteiger partial charge is 0.476 e. The topological polar surface area (TPSA) is 63.1 Å². The van der Waals surface area contributed by atoms with Gasteiger partial charge in [0.2, 0.25) is 0 Å². The molecule has 0 aliphatic carbocycles. The van der Waals surface area contributed by atoms with Crippen LogP contribution >= 0.6 is 34.8 Å². The summed E-state index contributed by atoms with van der Waals surface area (Å²) in [5, 5.41) is 10.6. The molecule has 0 aliphatic rings. The van der Waals surface area contributed by atoms with Crippen molar-refractivity contribution in [2.24, 2.45) is 0 Å². The molecule has 0 fully saturated rings. The van der Waals surface area contributed by atoms with Crippen LogP contribution in [0, 0.1) is 0 Å². The van der Waals surface area contributed by atoms with Crippen LogP contribution in [-0.4, -0.2) is 21.0 Å². The van der Waals surface area contributed by atoms with Crippen LogP contribution in [0.4, 0.5) is 0 Å². The Kier molecular flexibility index (Phi) is 4.71. The summed E-state index contributed by atoms with van der Waals surface area (Å²) in [6.07, 6.45) is 1.20. The fraction of sp³-hybridized carbons (Fsp3) is 0. The fourth-order valence-electron chi connectivity index (χ4n) is 2.18. The molecule has 1 N–H and O–H groups in total. The molecule has 0 spiro atoms. The molecular formula is C17H9Cl3N2O2. The molecule has 0 amide bonds. The van der Waals surface area contributed by atoms with Crippen molar-refractivity contribution in [1.29, 1.82) is 0 Å². The molecule has 0 aliphatic heterocycles. The summed E-state index contributed by atoms with van der Waals surface area (Å²) < 4.78 is 0. The molecule has 1 aromatic heterocycles. The zero-order valence-electron chi connectivity index (χ0n) is 12.0. The van der Waals surface area contributed by atoms with Gasteiger partial charge in [0, 0.05) is 21.2 Å². The van der Waals surface area contributed by atoms with Crippen molar-refractivity contribution in [2.75, 3.05) is 0 Å². The number of carbonyl (C=O) groups is 1. The number of halogens is 3. The summed E-state index contributed by atoms with van der Waals surface area (Å²) >= 11 is 18.1. The number of hydrogen-bond donors (Lipinski definition) is 1. The Morgan fingerprint density at radius 3 is 2.21 bits per heavy atom. The maximum Gasteiger partial charge on any atom is 0.356 e. The molecule has 0 saturated carbocycles. The quantitative estimate of drug-likeness (QED) is 0.655. The van der Waals surface area contributed by atoms with Gasteiger partial charge in [0.15, 0.2) is 5.69 Å². The molecule has 24 heavy (non-hydrogen) atoms. The summed E-state index contributed by atoms with van der Waals surface area (Å²) in [5.74, 6) is -1.16. The van der Waals surface area contributed by atoms with Crippen molar-refractivity contribution >= 4 is 40.8 Å². The Morgan fingerprint density at radius 2 is 1.58 bits per heavy atom. The standard InChI is InChI=1S/C17H9Cl3N2O2/c18-10-3-1-9(2-4-10)15-16(21-8-14(22-15)17(23)24)12-6-5-11(19)7-13(12)20/h1-8H,(H,23,24). The van der Waals surface area contributed by atoms with E-state index < -0.39 is 5.97 Å². The van der Waals surface area contributed by atoms with E-state index in [0.717, 1.165) is 0 Å². The average Bonchev–Trinajstić information content (AvgIpc) is 2.55. The van der Waals surface area contributed by atoms with Gasteiger partial charge in [0.1, 0.15) is 0 Å². The smallest absolute Gasteiger partial charge is 0.356 e. The van der Waals surface area contributed by atoms with Gasteiger partial charge in [-0.15, -0.1) is 0 Å². The number of aromatic carboxylic acids is 1. The number of carboxylic acids is 1. The predicted octanol–water partition coefficient (Wildman–Crippen LogP) is 5.47. The highest BCUT2D eigenvalue weighted by Crippen LogP contribution is 2.35. The van der Waals surface area contributed by atoms with Crippen LogP contribution in [0.15, 0.2) is 48.7 Å². The Labute approximate surface area is 152 Å². The number of rotatable bonds is 3. The van der Waals surface area contributed by atoms with Crippen LogP contribution in [0.5, 0.6) is 0 Å². The van der Waals surface area contributed by atoms with Gasteiger partial charge >= 0.3 is 5.97 Å². The van der Waals surface area contributed by atoms with Crippen LogP contribution < -0.4 is 0 Å². The van der Waals surface area contributed by atoms with Crippen LogP contribution in [-0.2, 0) is 0 Å². The lowest BCUT2D eigenvalue weighted by Crippen LogP contribution is -2.04. The van der Waals surface area contributed by atoms with Crippen LogP contribution in [0.1, 0.15) is 10.5 Å². The van der Waals surface area contributed by atoms with E-state index in [-0.39, 0.29) is 5.69 Å². The first kappa shape index (κ1) is 16.7. The summed E-state index contributed by atoms with van der Waals surface area (Å²) in [7, 11) is 0. The third kappa shape index (κ3) is 3.36. The van der Waals surface area contributed by atoms with E-state index in [2.05, 4.69) is 9.97 Å². The zero-order valence-corrected chi connectivity index (χ0v) is 14.3. The molecule has 3 rings (SSSR count). The van der Waals surface area contributed by atoms with E-state index >= 15 is 0 Å². The zero-order chi connectivity index (χ0) is 17.3. The average molecular weight is 380 g/mol. The van der Waals surface area contributed by atoms with Gasteiger partial charge in [-0.3, -0.25) is 4.98 Å². The number of hydrogen-bond acceptors (Lipinski definition) is 3. The highest BCUT2D eigenvalue weighted by molar-refractivity contribution is 6.36. The van der Waals surface area contributed by atoms with E-state index in [1.807, 2.05) is 0 Å². The highest BCUT2D eigenvalue weighted by Gasteiger charge is 2.17. The van der Waals surface area contributed by atoms with Crippen molar-refractivity contribution in [3.8, 4) is 22.5 Å². The molecule has 0 radical (unpaired) electrons. The van der Waals surface area contributed by atoms with Crippen molar-refractivity contribution < 1.29 is 9.90 Å². The minimum atomic E-state index is -1.16. The lowest BCUT2D eigenvalue weighted by molar-refractivity contribution is 0.0690. The molecular weight excluding hydrogens is 371 g/mol. The minimum absolute atomic E-state index is 0.159. The van der Waals surface area contributed by atoms with Crippen LogP contribution in [0.3, 0.4) is 0 Å². The third-order valence-corrected chi connectivity index (χ3v) is 4.10. The fourth-order valence-corrected chi connectivity index (χ4v) is 2.80. The molecule has 7 heteroatoms. The first-order valence-corrected chi connectivity index (χ1v) is 7.91. The van der Waals surface area contributed by atoms with Crippen LogP contribution in [0.25, 0.3) is 22.5 Å². The molecule has 0 bridgehead atoms. The molecule has 120 valence electrons. The van der Waals surface area contributed by atoms with Crippen molar-refractivity contribution in [2.45, 2.75) is 0 Å². The second-order valence-electron chi connectivity index (χ2n) is 4.89. The van der Waals surface area contributed by atoms with Gasteiger partial charge < -0.3 is 5.11 Å².